The van der Waals surface area contributed by atoms with Gasteiger partial charge in [-0.1, -0.05) is 20.8 Å². The quantitative estimate of drug-likeness (QED) is 0.576. The lowest BCUT2D eigenvalue weighted by Gasteiger charge is -2.21. The molecule has 1 amide bonds. The Morgan fingerprint density at radius 3 is 2.62 bits per heavy atom. The summed E-state index contributed by atoms with van der Waals surface area (Å²) in [5.74, 6) is 1.48. The lowest BCUT2D eigenvalue weighted by molar-refractivity contribution is -0.385. The summed E-state index contributed by atoms with van der Waals surface area (Å²) in [7, 11) is 0. The Morgan fingerprint density at radius 1 is 1.24 bits per heavy atom. The van der Waals surface area contributed by atoms with E-state index in [9.17, 15) is 14.9 Å². The Morgan fingerprint density at radius 2 is 2.00 bits per heavy atom. The van der Waals surface area contributed by atoms with Gasteiger partial charge in [0, 0.05) is 48.8 Å². The fourth-order valence-electron chi connectivity index (χ4n) is 3.43. The highest BCUT2D eigenvalue weighted by Crippen LogP contribution is 2.24. The molecule has 0 bridgehead atoms. The molecule has 1 aromatic heterocycles. The molecule has 0 saturated carbocycles. The highest BCUT2D eigenvalue weighted by Gasteiger charge is 2.24. The summed E-state index contributed by atoms with van der Waals surface area (Å²) in [5, 5.41) is 11.0. The van der Waals surface area contributed by atoms with E-state index in [1.165, 1.54) is 12.1 Å². The number of oxazole rings is 1. The summed E-state index contributed by atoms with van der Waals surface area (Å²) in [6.07, 6.45) is 2.64. The molecule has 1 saturated heterocycles. The Labute approximate surface area is 170 Å². The molecule has 1 aromatic carbocycles. The van der Waals surface area contributed by atoms with Crippen molar-refractivity contribution in [2.75, 3.05) is 26.2 Å². The fourth-order valence-corrected chi connectivity index (χ4v) is 3.43. The number of hydrogen-bond acceptors (Lipinski definition) is 6. The number of amides is 1. The van der Waals surface area contributed by atoms with Crippen LogP contribution in [0.1, 0.15) is 54.8 Å². The fraction of sp³-hybridized carbons (Fsp3) is 0.524. The minimum Gasteiger partial charge on any atom is -0.444 e. The molecule has 0 atom stereocenters. The number of hydrogen-bond donors (Lipinski definition) is 0. The van der Waals surface area contributed by atoms with Gasteiger partial charge >= 0.3 is 0 Å². The van der Waals surface area contributed by atoms with E-state index >= 15 is 0 Å². The maximum Gasteiger partial charge on any atom is 0.272 e. The molecule has 3 rings (SSSR count). The second-order valence-electron chi connectivity index (χ2n) is 8.55. The molecule has 1 aliphatic rings. The van der Waals surface area contributed by atoms with Crippen molar-refractivity contribution in [3.63, 3.8) is 0 Å². The molecule has 0 radical (unpaired) electrons. The highest BCUT2D eigenvalue weighted by atomic mass is 16.6. The second kappa shape index (κ2) is 8.32. The summed E-state index contributed by atoms with van der Waals surface area (Å²) in [5.41, 5.74) is 0.944. The normalized spacial score (nSPS) is 15.9. The Kier molecular flexibility index (Phi) is 6.02. The Hall–Kier alpha value is -2.74. The van der Waals surface area contributed by atoms with Crippen LogP contribution in [-0.4, -0.2) is 51.8 Å². The third-order valence-electron chi connectivity index (χ3n) is 5.17. The van der Waals surface area contributed by atoms with E-state index in [0.29, 0.717) is 36.7 Å². The summed E-state index contributed by atoms with van der Waals surface area (Å²) >= 11 is 0. The number of aryl methyl sites for hydroxylation is 1. The number of nitro benzene ring substituents is 1. The van der Waals surface area contributed by atoms with E-state index in [1.54, 1.807) is 19.2 Å². The predicted molar refractivity (Wildman–Crippen MR) is 109 cm³/mol. The van der Waals surface area contributed by atoms with Gasteiger partial charge in [0.05, 0.1) is 17.7 Å². The van der Waals surface area contributed by atoms with Gasteiger partial charge in [-0.2, -0.15) is 0 Å². The van der Waals surface area contributed by atoms with Gasteiger partial charge in [-0.3, -0.25) is 19.8 Å². The monoisotopic (exact) mass is 400 g/mol. The van der Waals surface area contributed by atoms with Crippen molar-refractivity contribution in [3.05, 3.63) is 57.3 Å². The van der Waals surface area contributed by atoms with Crippen molar-refractivity contribution in [1.29, 1.82) is 0 Å². The topological polar surface area (TPSA) is 92.7 Å². The van der Waals surface area contributed by atoms with Crippen LogP contribution in [0, 0.1) is 17.0 Å². The first-order valence-electron chi connectivity index (χ1n) is 9.87. The first-order valence-corrected chi connectivity index (χ1v) is 9.87. The summed E-state index contributed by atoms with van der Waals surface area (Å²) in [6.45, 7) is 11.4. The lowest BCUT2D eigenvalue weighted by Crippen LogP contribution is -2.35. The van der Waals surface area contributed by atoms with E-state index in [4.69, 9.17) is 4.42 Å². The van der Waals surface area contributed by atoms with Crippen molar-refractivity contribution >= 4 is 11.6 Å². The van der Waals surface area contributed by atoms with Crippen LogP contribution in [-0.2, 0) is 12.0 Å². The van der Waals surface area contributed by atoms with Crippen LogP contribution < -0.4 is 0 Å². The summed E-state index contributed by atoms with van der Waals surface area (Å²) in [4.78, 5) is 31.9. The third-order valence-corrected chi connectivity index (χ3v) is 5.17. The minimum atomic E-state index is -0.429. The molecular formula is C21H28N4O4. The van der Waals surface area contributed by atoms with Crippen molar-refractivity contribution in [2.45, 2.75) is 46.1 Å². The van der Waals surface area contributed by atoms with Crippen LogP contribution >= 0.6 is 0 Å². The molecule has 0 unspecified atom stereocenters. The van der Waals surface area contributed by atoms with E-state index < -0.39 is 4.92 Å². The van der Waals surface area contributed by atoms with Gasteiger partial charge in [-0.25, -0.2) is 4.98 Å². The molecular weight excluding hydrogens is 372 g/mol. The average Bonchev–Trinajstić information content (AvgIpc) is 3.00. The summed E-state index contributed by atoms with van der Waals surface area (Å²) < 4.78 is 5.89. The number of carbonyl (C=O) groups is 1. The van der Waals surface area contributed by atoms with Gasteiger partial charge in [0.2, 0.25) is 5.89 Å². The lowest BCUT2D eigenvalue weighted by atomic mass is 9.94. The zero-order valence-corrected chi connectivity index (χ0v) is 17.5. The smallest absolute Gasteiger partial charge is 0.272 e. The molecule has 1 fully saturated rings. The van der Waals surface area contributed by atoms with Crippen LogP contribution in [0.3, 0.4) is 0 Å². The number of nitro groups is 1. The average molecular weight is 400 g/mol. The zero-order chi connectivity index (χ0) is 21.2. The molecule has 1 aliphatic heterocycles. The van der Waals surface area contributed by atoms with E-state index in [2.05, 4.69) is 30.7 Å². The van der Waals surface area contributed by atoms with Gasteiger partial charge in [0.1, 0.15) is 5.76 Å². The number of benzene rings is 1. The van der Waals surface area contributed by atoms with Crippen molar-refractivity contribution in [2.24, 2.45) is 0 Å². The molecule has 2 aromatic rings. The molecule has 0 aliphatic carbocycles. The number of rotatable bonds is 4. The Bertz CT molecular complexity index is 900. The molecule has 0 spiro atoms. The van der Waals surface area contributed by atoms with Crippen LogP contribution in [0.4, 0.5) is 5.69 Å². The predicted octanol–water partition coefficient (Wildman–Crippen LogP) is 3.54. The van der Waals surface area contributed by atoms with Gasteiger partial charge in [0.15, 0.2) is 0 Å². The molecule has 8 heteroatoms. The summed E-state index contributed by atoms with van der Waals surface area (Å²) in [6, 6.07) is 4.54. The molecule has 156 valence electrons. The van der Waals surface area contributed by atoms with Crippen molar-refractivity contribution in [1.82, 2.24) is 14.8 Å². The first-order chi connectivity index (χ1) is 13.6. The minimum absolute atomic E-state index is 0.0316. The molecule has 29 heavy (non-hydrogen) atoms. The maximum absolute atomic E-state index is 12.9. The van der Waals surface area contributed by atoms with Gasteiger partial charge in [-0.15, -0.1) is 0 Å². The second-order valence-corrected chi connectivity index (χ2v) is 8.55. The largest absolute Gasteiger partial charge is 0.444 e. The van der Waals surface area contributed by atoms with E-state index in [0.717, 1.165) is 25.3 Å². The van der Waals surface area contributed by atoms with E-state index in [1.807, 2.05) is 4.90 Å². The van der Waals surface area contributed by atoms with Gasteiger partial charge < -0.3 is 9.32 Å². The van der Waals surface area contributed by atoms with Crippen LogP contribution in [0.15, 0.2) is 28.8 Å². The standard InChI is InChI=1S/C21H28N4O4/c1-15-12-16(6-7-17(15)25(27)28)20(26)24-9-5-8-23(10-11-24)14-19-22-13-18(29-19)21(2,3)4/h6-7,12-13H,5,8-11,14H2,1-4H3. The molecule has 2 heterocycles. The van der Waals surface area contributed by atoms with Crippen LogP contribution in [0.2, 0.25) is 0 Å². The first kappa shape index (κ1) is 21.0. The maximum atomic E-state index is 12.9. The van der Waals surface area contributed by atoms with Crippen molar-refractivity contribution in [3.8, 4) is 0 Å². The number of nitrogens with zero attached hydrogens (tertiary/aromatic N) is 4. The SMILES string of the molecule is Cc1cc(C(=O)N2CCCN(Cc3ncc(C(C)(C)C)o3)CC2)ccc1[N+](=O)[O-]. The molecule has 0 N–H and O–H groups in total. The number of carbonyl (C=O) groups excluding carboxylic acids is 1. The zero-order valence-electron chi connectivity index (χ0n) is 17.5. The van der Waals surface area contributed by atoms with Gasteiger partial charge in [0.25, 0.3) is 11.6 Å². The van der Waals surface area contributed by atoms with Crippen LogP contribution in [0.5, 0.6) is 0 Å². The van der Waals surface area contributed by atoms with Gasteiger partial charge in [-0.05, 0) is 25.5 Å². The third kappa shape index (κ3) is 5.00. The number of aromatic nitrogens is 1. The Balaban J connectivity index is 1.62. The van der Waals surface area contributed by atoms with Crippen molar-refractivity contribution < 1.29 is 14.1 Å². The molecule has 8 nitrogen and oxygen atoms in total. The van der Waals surface area contributed by atoms with Crippen LogP contribution in [0.25, 0.3) is 0 Å². The van der Waals surface area contributed by atoms with E-state index in [-0.39, 0.29) is 17.0 Å². The highest BCUT2D eigenvalue weighted by molar-refractivity contribution is 5.94.